The van der Waals surface area contributed by atoms with Crippen molar-refractivity contribution in [2.75, 3.05) is 19.3 Å². The Morgan fingerprint density at radius 2 is 2.05 bits per heavy atom. The van der Waals surface area contributed by atoms with Gasteiger partial charge < -0.3 is 10.6 Å². The predicted octanol–water partition coefficient (Wildman–Crippen LogP) is 1.89. The molecule has 0 spiro atoms. The summed E-state index contributed by atoms with van der Waals surface area (Å²) in [6, 6.07) is 10.4. The SMILES string of the molecule is CN=C(NCCSc1ccccc1)NCc1ncnn1C.I. The molecule has 0 unspecified atom stereocenters. The zero-order valence-corrected chi connectivity index (χ0v) is 15.8. The summed E-state index contributed by atoms with van der Waals surface area (Å²) in [7, 11) is 3.63. The van der Waals surface area contributed by atoms with Crippen LogP contribution in [-0.2, 0) is 13.6 Å². The van der Waals surface area contributed by atoms with E-state index in [1.54, 1.807) is 18.1 Å². The van der Waals surface area contributed by atoms with E-state index in [1.165, 1.54) is 4.90 Å². The third-order valence-corrected chi connectivity index (χ3v) is 3.86. The number of guanidine groups is 1. The van der Waals surface area contributed by atoms with Crippen LogP contribution in [0.3, 0.4) is 0 Å². The summed E-state index contributed by atoms with van der Waals surface area (Å²) < 4.78 is 1.74. The van der Waals surface area contributed by atoms with Crippen LogP contribution < -0.4 is 10.6 Å². The second kappa shape index (κ2) is 10.4. The molecule has 2 rings (SSSR count). The van der Waals surface area contributed by atoms with Gasteiger partial charge in [0.25, 0.3) is 0 Å². The lowest BCUT2D eigenvalue weighted by molar-refractivity contribution is 0.674. The number of halogens is 1. The number of aryl methyl sites for hydroxylation is 1. The monoisotopic (exact) mass is 432 g/mol. The minimum absolute atomic E-state index is 0. The fraction of sp³-hybridized carbons (Fsp3) is 0.357. The number of nitrogens with zero attached hydrogens (tertiary/aromatic N) is 4. The maximum atomic E-state index is 4.19. The van der Waals surface area contributed by atoms with Gasteiger partial charge in [0.15, 0.2) is 5.96 Å². The van der Waals surface area contributed by atoms with Crippen molar-refractivity contribution in [2.24, 2.45) is 12.0 Å². The van der Waals surface area contributed by atoms with Gasteiger partial charge in [-0.3, -0.25) is 9.67 Å². The van der Waals surface area contributed by atoms with Crippen molar-refractivity contribution in [1.29, 1.82) is 0 Å². The smallest absolute Gasteiger partial charge is 0.191 e. The van der Waals surface area contributed by atoms with Crippen LogP contribution in [-0.4, -0.2) is 40.1 Å². The number of rotatable bonds is 6. The normalized spacial score (nSPS) is 10.9. The Labute approximate surface area is 152 Å². The van der Waals surface area contributed by atoms with E-state index < -0.39 is 0 Å². The highest BCUT2D eigenvalue weighted by Crippen LogP contribution is 2.15. The number of benzene rings is 1. The molecule has 0 atom stereocenters. The molecule has 120 valence electrons. The van der Waals surface area contributed by atoms with Crippen LogP contribution in [0.2, 0.25) is 0 Å². The van der Waals surface area contributed by atoms with Gasteiger partial charge in [-0.15, -0.1) is 35.7 Å². The fourth-order valence-corrected chi connectivity index (χ4v) is 2.51. The van der Waals surface area contributed by atoms with E-state index in [4.69, 9.17) is 0 Å². The van der Waals surface area contributed by atoms with Crippen molar-refractivity contribution in [3.63, 3.8) is 0 Å². The molecular formula is C14H21IN6S. The molecule has 0 saturated carbocycles. The standard InChI is InChI=1S/C14H20N6S.HI/c1-15-14(17-10-13-18-11-19-20(13)2)16-8-9-21-12-6-4-3-5-7-12;/h3-7,11H,8-10H2,1-2H3,(H2,15,16,17);1H. The number of hydrogen-bond acceptors (Lipinski definition) is 4. The van der Waals surface area contributed by atoms with Crippen molar-refractivity contribution in [3.05, 3.63) is 42.5 Å². The van der Waals surface area contributed by atoms with Gasteiger partial charge in [-0.1, -0.05) is 18.2 Å². The van der Waals surface area contributed by atoms with E-state index in [1.807, 2.05) is 24.9 Å². The van der Waals surface area contributed by atoms with Gasteiger partial charge in [0.1, 0.15) is 12.2 Å². The minimum atomic E-state index is 0. The molecule has 2 aromatic rings. The Hall–Kier alpha value is -1.29. The van der Waals surface area contributed by atoms with Crippen LogP contribution in [0.5, 0.6) is 0 Å². The summed E-state index contributed by atoms with van der Waals surface area (Å²) in [5.74, 6) is 2.62. The number of aliphatic imine (C=N–C) groups is 1. The lowest BCUT2D eigenvalue weighted by Crippen LogP contribution is -2.38. The third-order valence-electron chi connectivity index (χ3n) is 2.85. The molecule has 22 heavy (non-hydrogen) atoms. The van der Waals surface area contributed by atoms with E-state index in [2.05, 4.69) is 50.0 Å². The van der Waals surface area contributed by atoms with Crippen LogP contribution in [0.15, 0.2) is 46.5 Å². The summed E-state index contributed by atoms with van der Waals surface area (Å²) >= 11 is 1.82. The molecule has 0 fully saturated rings. The highest BCUT2D eigenvalue weighted by atomic mass is 127. The molecule has 0 bridgehead atoms. The Bertz CT molecular complexity index is 572. The van der Waals surface area contributed by atoms with Gasteiger partial charge in [-0.25, -0.2) is 4.98 Å². The first-order chi connectivity index (χ1) is 10.3. The Morgan fingerprint density at radius 1 is 1.27 bits per heavy atom. The first-order valence-electron chi connectivity index (χ1n) is 6.75. The first-order valence-corrected chi connectivity index (χ1v) is 7.73. The highest BCUT2D eigenvalue weighted by molar-refractivity contribution is 14.0. The van der Waals surface area contributed by atoms with E-state index in [0.717, 1.165) is 24.1 Å². The van der Waals surface area contributed by atoms with E-state index in [0.29, 0.717) is 6.54 Å². The highest BCUT2D eigenvalue weighted by Gasteiger charge is 2.02. The molecule has 0 radical (unpaired) electrons. The van der Waals surface area contributed by atoms with Crippen LogP contribution in [0, 0.1) is 0 Å². The summed E-state index contributed by atoms with van der Waals surface area (Å²) in [6.07, 6.45) is 1.55. The van der Waals surface area contributed by atoms with Gasteiger partial charge in [-0.2, -0.15) is 5.10 Å². The van der Waals surface area contributed by atoms with Gasteiger partial charge in [-0.05, 0) is 12.1 Å². The lowest BCUT2D eigenvalue weighted by atomic mass is 10.4. The molecule has 1 aromatic carbocycles. The third kappa shape index (κ3) is 6.22. The van der Waals surface area contributed by atoms with Gasteiger partial charge in [0, 0.05) is 31.3 Å². The zero-order chi connectivity index (χ0) is 14.9. The average molecular weight is 432 g/mol. The molecular weight excluding hydrogens is 411 g/mol. The maximum Gasteiger partial charge on any atom is 0.191 e. The molecule has 0 aliphatic heterocycles. The van der Waals surface area contributed by atoms with Crippen LogP contribution >= 0.6 is 35.7 Å². The molecule has 1 aromatic heterocycles. The molecule has 0 aliphatic rings. The molecule has 0 saturated heterocycles. The number of aromatic nitrogens is 3. The van der Waals surface area contributed by atoms with E-state index >= 15 is 0 Å². The largest absolute Gasteiger partial charge is 0.356 e. The Morgan fingerprint density at radius 3 is 2.68 bits per heavy atom. The second-order valence-corrected chi connectivity index (χ2v) is 5.48. The Kier molecular flexibility index (Phi) is 8.90. The van der Waals surface area contributed by atoms with Crippen molar-refractivity contribution in [2.45, 2.75) is 11.4 Å². The van der Waals surface area contributed by atoms with Crippen molar-refractivity contribution < 1.29 is 0 Å². The van der Waals surface area contributed by atoms with Crippen LogP contribution in [0.4, 0.5) is 0 Å². The molecule has 1 heterocycles. The number of nitrogens with one attached hydrogen (secondary N) is 2. The zero-order valence-electron chi connectivity index (χ0n) is 12.7. The van der Waals surface area contributed by atoms with Crippen molar-refractivity contribution >= 4 is 41.7 Å². The fourth-order valence-electron chi connectivity index (χ4n) is 1.72. The lowest BCUT2D eigenvalue weighted by Gasteiger charge is -2.11. The topological polar surface area (TPSA) is 67.1 Å². The molecule has 6 nitrogen and oxygen atoms in total. The Balaban J connectivity index is 0.00000242. The summed E-state index contributed by atoms with van der Waals surface area (Å²) in [6.45, 7) is 1.44. The minimum Gasteiger partial charge on any atom is -0.356 e. The first kappa shape index (κ1) is 18.8. The van der Waals surface area contributed by atoms with E-state index in [9.17, 15) is 0 Å². The van der Waals surface area contributed by atoms with Gasteiger partial charge >= 0.3 is 0 Å². The van der Waals surface area contributed by atoms with Crippen molar-refractivity contribution in [3.8, 4) is 0 Å². The summed E-state index contributed by atoms with van der Waals surface area (Å²) in [5.41, 5.74) is 0. The molecule has 0 aliphatic carbocycles. The quantitative estimate of drug-likeness (QED) is 0.240. The average Bonchev–Trinajstić information content (AvgIpc) is 2.93. The molecule has 2 N–H and O–H groups in total. The van der Waals surface area contributed by atoms with Crippen molar-refractivity contribution in [1.82, 2.24) is 25.4 Å². The van der Waals surface area contributed by atoms with Gasteiger partial charge in [0.2, 0.25) is 0 Å². The summed E-state index contributed by atoms with van der Waals surface area (Å²) in [4.78, 5) is 9.63. The molecule has 8 heteroatoms. The van der Waals surface area contributed by atoms with Crippen LogP contribution in [0.1, 0.15) is 5.82 Å². The number of thioether (sulfide) groups is 1. The predicted molar refractivity (Wildman–Crippen MR) is 102 cm³/mol. The molecule has 0 amide bonds. The van der Waals surface area contributed by atoms with E-state index in [-0.39, 0.29) is 24.0 Å². The number of hydrogen-bond donors (Lipinski definition) is 2. The summed E-state index contributed by atoms with van der Waals surface area (Å²) in [5, 5.41) is 10.5. The van der Waals surface area contributed by atoms with Crippen LogP contribution in [0.25, 0.3) is 0 Å². The second-order valence-electron chi connectivity index (χ2n) is 4.31. The van der Waals surface area contributed by atoms with Gasteiger partial charge in [0.05, 0.1) is 6.54 Å². The maximum absolute atomic E-state index is 4.19.